The van der Waals surface area contributed by atoms with E-state index in [1.165, 1.54) is 0 Å². The summed E-state index contributed by atoms with van der Waals surface area (Å²) < 4.78 is 0. The molecule has 0 rings (SSSR count). The molecule has 0 saturated carbocycles. The quantitative estimate of drug-likeness (QED) is 0.308. The van der Waals surface area contributed by atoms with Gasteiger partial charge in [-0.2, -0.15) is 0 Å². The monoisotopic (exact) mass is 344 g/mol. The smallest absolute Gasteiger partial charge is 0.0758 e. The number of rotatable bonds is 14. The average Bonchev–Trinajstić information content (AvgIpc) is 2.61. The summed E-state index contributed by atoms with van der Waals surface area (Å²) in [5, 5.41) is 19.3. The Morgan fingerprint density at radius 2 is 1.28 bits per heavy atom. The van der Waals surface area contributed by atoms with E-state index in [0.717, 1.165) is 38.5 Å². The van der Waals surface area contributed by atoms with Crippen molar-refractivity contribution in [2.24, 2.45) is 0 Å². The molecule has 0 aromatic rings. The molecule has 0 radical (unpaired) electrons. The second-order valence-electron chi connectivity index (χ2n) is 5.96. The molecule has 25 heavy (non-hydrogen) atoms. The van der Waals surface area contributed by atoms with E-state index in [9.17, 15) is 10.2 Å². The molecule has 0 aliphatic rings. The number of allylic oxidation sites excluding steroid dienone is 9. The topological polar surface area (TPSA) is 40.5 Å². The van der Waals surface area contributed by atoms with Gasteiger partial charge in [-0.3, -0.25) is 0 Å². The summed E-state index contributed by atoms with van der Waals surface area (Å²) in [6.45, 7) is 4.21. The van der Waals surface area contributed by atoms with E-state index in [-0.39, 0.29) is 6.10 Å². The highest BCUT2D eigenvalue weighted by Gasteiger charge is 1.95. The van der Waals surface area contributed by atoms with Crippen molar-refractivity contribution in [3.8, 4) is 0 Å². The van der Waals surface area contributed by atoms with Crippen molar-refractivity contribution in [3.63, 3.8) is 0 Å². The van der Waals surface area contributed by atoms with Gasteiger partial charge >= 0.3 is 0 Å². The fourth-order valence-electron chi connectivity index (χ4n) is 2.04. The van der Waals surface area contributed by atoms with Crippen molar-refractivity contribution in [3.05, 3.63) is 72.9 Å². The molecule has 0 bridgehead atoms. The van der Waals surface area contributed by atoms with Gasteiger partial charge in [0, 0.05) is 0 Å². The normalized spacial score (nSPS) is 15.8. The first-order chi connectivity index (χ1) is 12.2. The third kappa shape index (κ3) is 18.5. The minimum Gasteiger partial charge on any atom is -0.389 e. The molecule has 0 aliphatic heterocycles. The van der Waals surface area contributed by atoms with Crippen molar-refractivity contribution < 1.29 is 10.2 Å². The maximum Gasteiger partial charge on any atom is 0.0758 e. The predicted molar refractivity (Wildman–Crippen MR) is 111 cm³/mol. The van der Waals surface area contributed by atoms with Gasteiger partial charge in [0.25, 0.3) is 0 Å². The molecule has 0 unspecified atom stereocenters. The summed E-state index contributed by atoms with van der Waals surface area (Å²) in [6.07, 6.45) is 29.6. The zero-order chi connectivity index (χ0) is 18.6. The van der Waals surface area contributed by atoms with Crippen molar-refractivity contribution in [1.29, 1.82) is 0 Å². The third-order valence-electron chi connectivity index (χ3n) is 3.51. The molecule has 2 atom stereocenters. The first-order valence-electron chi connectivity index (χ1n) is 9.53. The largest absolute Gasteiger partial charge is 0.389 e. The molecule has 0 aliphatic carbocycles. The number of aliphatic hydroxyl groups excluding tert-OH is 2. The molecule has 2 nitrogen and oxygen atoms in total. The first kappa shape index (κ1) is 23.4. The van der Waals surface area contributed by atoms with E-state index < -0.39 is 6.10 Å². The lowest BCUT2D eigenvalue weighted by Crippen LogP contribution is -2.00. The van der Waals surface area contributed by atoms with E-state index in [2.05, 4.69) is 44.2 Å². The van der Waals surface area contributed by atoms with Crippen molar-refractivity contribution in [1.82, 2.24) is 0 Å². The van der Waals surface area contributed by atoms with Crippen LogP contribution >= 0.6 is 0 Å². The minimum absolute atomic E-state index is 0.320. The van der Waals surface area contributed by atoms with Crippen LogP contribution in [-0.4, -0.2) is 22.4 Å². The highest BCUT2D eigenvalue weighted by Crippen LogP contribution is 2.01. The Kier molecular flexibility index (Phi) is 17.5. The summed E-state index contributed by atoms with van der Waals surface area (Å²) in [5.41, 5.74) is 0. The van der Waals surface area contributed by atoms with Crippen LogP contribution in [0, 0.1) is 0 Å². The van der Waals surface area contributed by atoms with E-state index in [0.29, 0.717) is 6.42 Å². The van der Waals surface area contributed by atoms with Crippen molar-refractivity contribution >= 4 is 0 Å². The van der Waals surface area contributed by atoms with Crippen LogP contribution in [0.15, 0.2) is 72.9 Å². The van der Waals surface area contributed by atoms with Crippen LogP contribution in [0.3, 0.4) is 0 Å². The van der Waals surface area contributed by atoms with Crippen LogP contribution in [0.4, 0.5) is 0 Å². The summed E-state index contributed by atoms with van der Waals surface area (Å²) in [6, 6.07) is 0. The molecule has 2 N–H and O–H groups in total. The van der Waals surface area contributed by atoms with Gasteiger partial charge in [-0.1, -0.05) is 99.6 Å². The number of aliphatic hydroxyl groups is 2. The molecule has 0 fully saturated rings. The third-order valence-corrected chi connectivity index (χ3v) is 3.51. The van der Waals surface area contributed by atoms with Gasteiger partial charge in [0.2, 0.25) is 0 Å². The Bertz CT molecular complexity index is 453. The summed E-state index contributed by atoms with van der Waals surface area (Å²) in [7, 11) is 0. The van der Waals surface area contributed by atoms with Gasteiger partial charge in [-0.25, -0.2) is 0 Å². The van der Waals surface area contributed by atoms with Crippen LogP contribution in [0.25, 0.3) is 0 Å². The minimum atomic E-state index is -0.401. The van der Waals surface area contributed by atoms with Gasteiger partial charge < -0.3 is 10.2 Å². The first-order valence-corrected chi connectivity index (χ1v) is 9.53. The highest BCUT2D eigenvalue weighted by molar-refractivity contribution is 5.09. The van der Waals surface area contributed by atoms with Crippen LogP contribution in [0.1, 0.15) is 58.8 Å². The lowest BCUT2D eigenvalue weighted by Gasteiger charge is -2.01. The van der Waals surface area contributed by atoms with Gasteiger partial charge in [0.05, 0.1) is 12.2 Å². The molecule has 0 spiro atoms. The standard InChI is InChI=1S/C23H36O2/c1-3-5-15-19-23(25)21-17-14-12-10-8-7-9-11-13-16-20-22(24)18-6-4-2/h5,7-8,11-17,20-25H,3-4,6,9-10,18-19H2,1-2H3/b8-7-,13-11-,14-12-,15-5-,20-16+,21-17+/t22-,23+/m1/s1. The molecule has 0 amide bonds. The van der Waals surface area contributed by atoms with Gasteiger partial charge in [0.15, 0.2) is 0 Å². The number of unbranched alkanes of at least 4 members (excludes halogenated alkanes) is 1. The second kappa shape index (κ2) is 18.7. The Morgan fingerprint density at radius 3 is 1.84 bits per heavy atom. The molecular weight excluding hydrogens is 308 g/mol. The number of hydrogen-bond donors (Lipinski definition) is 2. The second-order valence-corrected chi connectivity index (χ2v) is 5.96. The maximum atomic E-state index is 9.68. The van der Waals surface area contributed by atoms with Crippen molar-refractivity contribution in [2.75, 3.05) is 0 Å². The Morgan fingerprint density at radius 1 is 0.680 bits per heavy atom. The lowest BCUT2D eigenvalue weighted by molar-refractivity contribution is 0.209. The predicted octanol–water partition coefficient (Wildman–Crippen LogP) is 5.82. The Balaban J connectivity index is 3.76. The summed E-state index contributed by atoms with van der Waals surface area (Å²) in [5.74, 6) is 0. The van der Waals surface area contributed by atoms with Gasteiger partial charge in [0.1, 0.15) is 0 Å². The zero-order valence-corrected chi connectivity index (χ0v) is 15.9. The summed E-state index contributed by atoms with van der Waals surface area (Å²) in [4.78, 5) is 0. The Hall–Kier alpha value is -1.64. The molecular formula is C23H36O2. The lowest BCUT2D eigenvalue weighted by atomic mass is 10.1. The fourth-order valence-corrected chi connectivity index (χ4v) is 2.04. The van der Waals surface area contributed by atoms with Gasteiger partial charge in [-0.15, -0.1) is 0 Å². The molecule has 0 heterocycles. The fraction of sp³-hybridized carbons (Fsp3) is 0.478. The zero-order valence-electron chi connectivity index (χ0n) is 15.9. The van der Waals surface area contributed by atoms with E-state index in [1.54, 1.807) is 0 Å². The van der Waals surface area contributed by atoms with Crippen LogP contribution in [0.5, 0.6) is 0 Å². The van der Waals surface area contributed by atoms with E-state index in [1.807, 2.05) is 42.5 Å². The van der Waals surface area contributed by atoms with E-state index >= 15 is 0 Å². The molecule has 0 saturated heterocycles. The average molecular weight is 345 g/mol. The molecule has 140 valence electrons. The maximum absolute atomic E-state index is 9.68. The van der Waals surface area contributed by atoms with E-state index in [4.69, 9.17) is 0 Å². The molecule has 0 aromatic heterocycles. The molecule has 0 aromatic carbocycles. The highest BCUT2D eigenvalue weighted by atomic mass is 16.3. The number of hydrogen-bond acceptors (Lipinski definition) is 2. The van der Waals surface area contributed by atoms with Gasteiger partial charge in [-0.05, 0) is 32.1 Å². The molecule has 2 heteroatoms. The SMILES string of the molecule is CC/C=C\C[C@H](O)/C=C/C=C\C/C=C\C/C=C\C=C\[C@H](O)CCCC. The van der Waals surface area contributed by atoms with Crippen LogP contribution in [-0.2, 0) is 0 Å². The van der Waals surface area contributed by atoms with Crippen LogP contribution < -0.4 is 0 Å². The summed E-state index contributed by atoms with van der Waals surface area (Å²) >= 11 is 0. The van der Waals surface area contributed by atoms with Crippen molar-refractivity contribution in [2.45, 2.75) is 71.0 Å². The Labute approximate surface area is 154 Å². The van der Waals surface area contributed by atoms with Crippen LogP contribution in [0.2, 0.25) is 0 Å².